The molecule has 1 rings (SSSR count). The Morgan fingerprint density at radius 3 is 2.58 bits per heavy atom. The van der Waals surface area contributed by atoms with Crippen molar-refractivity contribution in [3.05, 3.63) is 23.8 Å². The van der Waals surface area contributed by atoms with E-state index in [4.69, 9.17) is 0 Å². The molecule has 0 aromatic carbocycles. The average molecular weight is 166 g/mol. The van der Waals surface area contributed by atoms with Crippen molar-refractivity contribution in [3.8, 4) is 0 Å². The number of aryl methyl sites for hydroxylation is 1. The van der Waals surface area contributed by atoms with E-state index in [9.17, 15) is 5.11 Å². The normalized spacial score (nSPS) is 15.7. The molecule has 2 unspecified atom stereocenters. The van der Waals surface area contributed by atoms with Gasteiger partial charge in [-0.1, -0.05) is 6.92 Å². The first-order chi connectivity index (χ1) is 5.61. The van der Waals surface area contributed by atoms with Crippen molar-refractivity contribution >= 4 is 0 Å². The van der Waals surface area contributed by atoms with Gasteiger partial charge in [-0.05, 0) is 19.9 Å². The Kier molecular flexibility index (Phi) is 2.76. The number of rotatable bonds is 2. The maximum Gasteiger partial charge on any atom is 0.133 e. The molecule has 3 nitrogen and oxygen atoms in total. The van der Waals surface area contributed by atoms with Crippen LogP contribution in [-0.2, 0) is 0 Å². The highest BCUT2D eigenvalue weighted by atomic mass is 16.3. The Morgan fingerprint density at radius 2 is 2.08 bits per heavy atom. The van der Waals surface area contributed by atoms with Crippen LogP contribution < -0.4 is 0 Å². The maximum absolute atomic E-state index is 9.29. The first kappa shape index (κ1) is 9.13. The molecule has 0 aliphatic carbocycles. The summed E-state index contributed by atoms with van der Waals surface area (Å²) in [5.41, 5.74) is 0.938. The third-order valence-corrected chi connectivity index (χ3v) is 1.94. The Balaban J connectivity index is 2.88. The van der Waals surface area contributed by atoms with E-state index in [0.29, 0.717) is 5.82 Å². The van der Waals surface area contributed by atoms with Gasteiger partial charge in [0.25, 0.3) is 0 Å². The zero-order valence-corrected chi connectivity index (χ0v) is 7.65. The molecule has 12 heavy (non-hydrogen) atoms. The molecule has 1 N–H and O–H groups in total. The third kappa shape index (κ3) is 2.01. The van der Waals surface area contributed by atoms with E-state index in [1.54, 1.807) is 13.1 Å². The maximum atomic E-state index is 9.29. The van der Waals surface area contributed by atoms with Gasteiger partial charge in [0.2, 0.25) is 0 Å². The minimum absolute atomic E-state index is 0.00454. The first-order valence-corrected chi connectivity index (χ1v) is 4.09. The smallest absolute Gasteiger partial charge is 0.133 e. The average Bonchev–Trinajstić information content (AvgIpc) is 2.03. The molecule has 1 aromatic rings. The summed E-state index contributed by atoms with van der Waals surface area (Å²) in [6, 6.07) is 1.85. The Morgan fingerprint density at radius 1 is 1.42 bits per heavy atom. The van der Waals surface area contributed by atoms with Crippen molar-refractivity contribution in [1.29, 1.82) is 0 Å². The van der Waals surface area contributed by atoms with Gasteiger partial charge in [0.15, 0.2) is 0 Å². The summed E-state index contributed by atoms with van der Waals surface area (Å²) >= 11 is 0. The molecular formula is C9H14N2O. The second kappa shape index (κ2) is 3.63. The molecule has 0 saturated carbocycles. The van der Waals surface area contributed by atoms with Crippen molar-refractivity contribution in [3.63, 3.8) is 0 Å². The summed E-state index contributed by atoms with van der Waals surface area (Å²) < 4.78 is 0. The zero-order chi connectivity index (χ0) is 9.14. The second-order valence-corrected chi connectivity index (χ2v) is 3.09. The second-order valence-electron chi connectivity index (χ2n) is 3.09. The fourth-order valence-corrected chi connectivity index (χ4v) is 0.903. The van der Waals surface area contributed by atoms with Crippen LogP contribution in [0.3, 0.4) is 0 Å². The molecule has 3 heteroatoms. The SMILES string of the molecule is Cc1ccnc(C(C)C(C)O)n1. The van der Waals surface area contributed by atoms with Crippen LogP contribution in [0.5, 0.6) is 0 Å². The summed E-state index contributed by atoms with van der Waals surface area (Å²) in [6.07, 6.45) is 1.32. The minimum Gasteiger partial charge on any atom is -0.393 e. The first-order valence-electron chi connectivity index (χ1n) is 4.09. The molecule has 0 spiro atoms. The molecule has 0 fully saturated rings. The molecule has 0 aliphatic rings. The molecule has 0 radical (unpaired) electrons. The Bertz CT molecular complexity index is 260. The highest BCUT2D eigenvalue weighted by Crippen LogP contribution is 2.13. The van der Waals surface area contributed by atoms with Crippen molar-refractivity contribution in [2.75, 3.05) is 0 Å². The molecule has 0 amide bonds. The Hall–Kier alpha value is -0.960. The van der Waals surface area contributed by atoms with E-state index in [2.05, 4.69) is 9.97 Å². The minimum atomic E-state index is -0.396. The fraction of sp³-hybridized carbons (Fsp3) is 0.556. The summed E-state index contributed by atoms with van der Waals surface area (Å²) in [5, 5.41) is 9.29. The van der Waals surface area contributed by atoms with Crippen LogP contribution in [0.2, 0.25) is 0 Å². The quantitative estimate of drug-likeness (QED) is 0.719. The highest BCUT2D eigenvalue weighted by Gasteiger charge is 2.13. The van der Waals surface area contributed by atoms with Gasteiger partial charge >= 0.3 is 0 Å². The molecule has 0 bridgehead atoms. The van der Waals surface area contributed by atoms with Crippen molar-refractivity contribution < 1.29 is 5.11 Å². The number of aromatic nitrogens is 2. The summed E-state index contributed by atoms with van der Waals surface area (Å²) in [5.74, 6) is 0.718. The van der Waals surface area contributed by atoms with Gasteiger partial charge in [0.05, 0.1) is 6.10 Å². The molecule has 0 saturated heterocycles. The standard InChI is InChI=1S/C9H14N2O/c1-6-4-5-10-9(11-6)7(2)8(3)12/h4-5,7-8,12H,1-3H3. The largest absolute Gasteiger partial charge is 0.393 e. The van der Waals surface area contributed by atoms with E-state index in [1.807, 2.05) is 19.9 Å². The molecule has 66 valence electrons. The van der Waals surface area contributed by atoms with Gasteiger partial charge in [-0.15, -0.1) is 0 Å². The van der Waals surface area contributed by atoms with E-state index >= 15 is 0 Å². The lowest BCUT2D eigenvalue weighted by Crippen LogP contribution is -2.14. The van der Waals surface area contributed by atoms with E-state index in [0.717, 1.165) is 5.69 Å². The topological polar surface area (TPSA) is 46.0 Å². The molecule has 2 atom stereocenters. The van der Waals surface area contributed by atoms with Gasteiger partial charge in [-0.3, -0.25) is 0 Å². The summed E-state index contributed by atoms with van der Waals surface area (Å²) in [6.45, 7) is 5.58. The van der Waals surface area contributed by atoms with Crippen LogP contribution in [0.25, 0.3) is 0 Å². The van der Waals surface area contributed by atoms with Gasteiger partial charge in [-0.2, -0.15) is 0 Å². The zero-order valence-electron chi connectivity index (χ0n) is 7.65. The highest BCUT2D eigenvalue weighted by molar-refractivity contribution is 5.04. The molecular weight excluding hydrogens is 152 g/mol. The Labute approximate surface area is 72.5 Å². The van der Waals surface area contributed by atoms with E-state index in [-0.39, 0.29) is 5.92 Å². The van der Waals surface area contributed by atoms with Crippen molar-refractivity contribution in [2.45, 2.75) is 32.8 Å². The predicted octanol–water partition coefficient (Wildman–Crippen LogP) is 1.27. The number of aliphatic hydroxyl groups is 1. The van der Waals surface area contributed by atoms with Gasteiger partial charge in [0, 0.05) is 17.8 Å². The van der Waals surface area contributed by atoms with Crippen LogP contribution >= 0.6 is 0 Å². The van der Waals surface area contributed by atoms with Gasteiger partial charge in [0.1, 0.15) is 5.82 Å². The van der Waals surface area contributed by atoms with Crippen LogP contribution in [0, 0.1) is 6.92 Å². The van der Waals surface area contributed by atoms with E-state index in [1.165, 1.54) is 0 Å². The predicted molar refractivity (Wildman–Crippen MR) is 46.9 cm³/mol. The van der Waals surface area contributed by atoms with Crippen molar-refractivity contribution in [1.82, 2.24) is 9.97 Å². The molecule has 1 aromatic heterocycles. The number of hydrogen-bond acceptors (Lipinski definition) is 3. The number of aliphatic hydroxyl groups excluding tert-OH is 1. The van der Waals surface area contributed by atoms with Gasteiger partial charge in [-0.25, -0.2) is 9.97 Å². The van der Waals surface area contributed by atoms with Crippen LogP contribution in [0.4, 0.5) is 0 Å². The lowest BCUT2D eigenvalue weighted by Gasteiger charge is -2.12. The van der Waals surface area contributed by atoms with Crippen LogP contribution in [0.1, 0.15) is 31.3 Å². The molecule has 0 aliphatic heterocycles. The van der Waals surface area contributed by atoms with Crippen LogP contribution in [0.15, 0.2) is 12.3 Å². The number of nitrogens with zero attached hydrogens (tertiary/aromatic N) is 2. The van der Waals surface area contributed by atoms with Gasteiger partial charge < -0.3 is 5.11 Å². The summed E-state index contributed by atoms with van der Waals surface area (Å²) in [7, 11) is 0. The summed E-state index contributed by atoms with van der Waals surface area (Å²) in [4.78, 5) is 8.31. The van der Waals surface area contributed by atoms with Crippen LogP contribution in [-0.4, -0.2) is 21.2 Å². The third-order valence-electron chi connectivity index (χ3n) is 1.94. The monoisotopic (exact) mass is 166 g/mol. The fourth-order valence-electron chi connectivity index (χ4n) is 0.903. The lowest BCUT2D eigenvalue weighted by molar-refractivity contribution is 0.165. The van der Waals surface area contributed by atoms with E-state index < -0.39 is 6.10 Å². The molecule has 1 heterocycles. The van der Waals surface area contributed by atoms with Crippen molar-refractivity contribution in [2.24, 2.45) is 0 Å². The lowest BCUT2D eigenvalue weighted by atomic mass is 10.1. The number of hydrogen-bond donors (Lipinski definition) is 1.